The van der Waals surface area contributed by atoms with Crippen LogP contribution in [0.15, 0.2) is 42.5 Å². The summed E-state index contributed by atoms with van der Waals surface area (Å²) < 4.78 is 13.0. The molecule has 0 fully saturated rings. The van der Waals surface area contributed by atoms with Crippen molar-refractivity contribution in [2.45, 2.75) is 51.5 Å². The second-order valence-corrected chi connectivity index (χ2v) is 6.80. The molecule has 0 aromatic heterocycles. The Labute approximate surface area is 138 Å². The molecule has 0 saturated heterocycles. The summed E-state index contributed by atoms with van der Waals surface area (Å²) >= 11 is 0. The molecule has 2 atom stereocenters. The molecule has 0 spiro atoms. The third kappa shape index (κ3) is 4.00. The van der Waals surface area contributed by atoms with Gasteiger partial charge in [0.2, 0.25) is 0 Å². The van der Waals surface area contributed by atoms with E-state index in [0.717, 1.165) is 13.0 Å². The van der Waals surface area contributed by atoms with E-state index in [1.165, 1.54) is 41.5 Å². The molecule has 3 rings (SSSR count). The van der Waals surface area contributed by atoms with Gasteiger partial charge in [0.05, 0.1) is 0 Å². The van der Waals surface area contributed by atoms with Crippen molar-refractivity contribution in [2.75, 3.05) is 6.54 Å². The van der Waals surface area contributed by atoms with Crippen molar-refractivity contribution >= 4 is 0 Å². The van der Waals surface area contributed by atoms with Crippen molar-refractivity contribution < 1.29 is 4.39 Å². The average Bonchev–Trinajstić information content (AvgIpc) is 3.02. The molecule has 1 N–H and O–H groups in total. The third-order valence-corrected chi connectivity index (χ3v) is 5.09. The van der Waals surface area contributed by atoms with Crippen LogP contribution in [0, 0.1) is 5.82 Å². The fraction of sp³-hybridized carbons (Fsp3) is 0.429. The highest BCUT2D eigenvalue weighted by Gasteiger charge is 2.13. The predicted octanol–water partition coefficient (Wildman–Crippen LogP) is 5.16. The van der Waals surface area contributed by atoms with Gasteiger partial charge < -0.3 is 5.32 Å². The highest BCUT2D eigenvalue weighted by Crippen LogP contribution is 2.25. The van der Waals surface area contributed by atoms with Crippen LogP contribution in [0.2, 0.25) is 0 Å². The summed E-state index contributed by atoms with van der Waals surface area (Å²) in [6, 6.07) is 14.2. The van der Waals surface area contributed by atoms with Crippen LogP contribution in [-0.4, -0.2) is 6.54 Å². The predicted molar refractivity (Wildman–Crippen MR) is 94.3 cm³/mol. The zero-order valence-electron chi connectivity index (χ0n) is 14.1. The minimum atomic E-state index is -0.163. The number of halogens is 1. The highest BCUT2D eigenvalue weighted by molar-refractivity contribution is 5.36. The monoisotopic (exact) mass is 311 g/mol. The van der Waals surface area contributed by atoms with E-state index in [1.807, 2.05) is 12.1 Å². The van der Waals surface area contributed by atoms with E-state index in [0.29, 0.717) is 12.0 Å². The molecule has 0 amide bonds. The maximum atomic E-state index is 13.0. The summed E-state index contributed by atoms with van der Waals surface area (Å²) in [5.41, 5.74) is 5.67. The van der Waals surface area contributed by atoms with E-state index in [-0.39, 0.29) is 5.82 Å². The first-order valence-corrected chi connectivity index (χ1v) is 8.74. The molecule has 1 nitrogen and oxygen atoms in total. The summed E-state index contributed by atoms with van der Waals surface area (Å²) in [5.74, 6) is 0.277. The molecular weight excluding hydrogens is 285 g/mol. The molecule has 0 saturated carbocycles. The van der Waals surface area contributed by atoms with E-state index < -0.39 is 0 Å². The Morgan fingerprint density at radius 1 is 0.957 bits per heavy atom. The average molecular weight is 311 g/mol. The van der Waals surface area contributed by atoms with E-state index >= 15 is 0 Å². The molecule has 2 aromatic carbocycles. The van der Waals surface area contributed by atoms with Crippen molar-refractivity contribution in [1.82, 2.24) is 5.32 Å². The lowest BCUT2D eigenvalue weighted by Crippen LogP contribution is -2.21. The molecule has 1 aliphatic carbocycles. The molecular formula is C21H26FN. The SMILES string of the molecule is CC(CCNC(C)c1ccc2c(c1)CCC2)c1ccc(F)cc1. The minimum Gasteiger partial charge on any atom is -0.310 e. The molecule has 122 valence electrons. The fourth-order valence-corrected chi connectivity index (χ4v) is 3.45. The minimum absolute atomic E-state index is 0.163. The Morgan fingerprint density at radius 3 is 2.43 bits per heavy atom. The number of fused-ring (bicyclic) bond motifs is 1. The Hall–Kier alpha value is -1.67. The second kappa shape index (κ2) is 7.27. The van der Waals surface area contributed by atoms with Gasteiger partial charge >= 0.3 is 0 Å². The molecule has 0 bridgehead atoms. The van der Waals surface area contributed by atoms with Crippen LogP contribution in [-0.2, 0) is 12.8 Å². The molecule has 23 heavy (non-hydrogen) atoms. The molecule has 2 heteroatoms. The van der Waals surface area contributed by atoms with Crippen LogP contribution in [0.25, 0.3) is 0 Å². The summed E-state index contributed by atoms with van der Waals surface area (Å²) in [6.45, 7) is 5.41. The molecule has 0 heterocycles. The summed E-state index contributed by atoms with van der Waals surface area (Å²) in [7, 11) is 0. The van der Waals surface area contributed by atoms with Gasteiger partial charge in [0.15, 0.2) is 0 Å². The molecule has 0 aliphatic heterocycles. The first-order valence-electron chi connectivity index (χ1n) is 8.74. The normalized spacial score (nSPS) is 16.1. The largest absolute Gasteiger partial charge is 0.310 e. The van der Waals surface area contributed by atoms with Crippen molar-refractivity contribution in [2.24, 2.45) is 0 Å². The third-order valence-electron chi connectivity index (χ3n) is 5.09. The maximum absolute atomic E-state index is 13.0. The van der Waals surface area contributed by atoms with Gasteiger partial charge in [-0.2, -0.15) is 0 Å². The van der Waals surface area contributed by atoms with E-state index in [9.17, 15) is 4.39 Å². The number of hydrogen-bond donors (Lipinski definition) is 1. The highest BCUT2D eigenvalue weighted by atomic mass is 19.1. The van der Waals surface area contributed by atoms with Gasteiger partial charge in [0.25, 0.3) is 0 Å². The van der Waals surface area contributed by atoms with Gasteiger partial charge in [0, 0.05) is 6.04 Å². The van der Waals surface area contributed by atoms with Crippen LogP contribution in [0.3, 0.4) is 0 Å². The van der Waals surface area contributed by atoms with Gasteiger partial charge in [-0.05, 0) is 79.5 Å². The number of hydrogen-bond acceptors (Lipinski definition) is 1. The molecule has 0 radical (unpaired) electrons. The van der Waals surface area contributed by atoms with Crippen molar-refractivity contribution in [3.63, 3.8) is 0 Å². The lowest BCUT2D eigenvalue weighted by atomic mass is 9.97. The Kier molecular flexibility index (Phi) is 5.12. The smallest absolute Gasteiger partial charge is 0.123 e. The van der Waals surface area contributed by atoms with Crippen LogP contribution < -0.4 is 5.32 Å². The van der Waals surface area contributed by atoms with Crippen LogP contribution in [0.1, 0.15) is 60.9 Å². The van der Waals surface area contributed by atoms with Gasteiger partial charge in [0.1, 0.15) is 5.82 Å². The molecule has 2 unspecified atom stereocenters. The first-order chi connectivity index (χ1) is 11.1. The second-order valence-electron chi connectivity index (χ2n) is 6.80. The maximum Gasteiger partial charge on any atom is 0.123 e. The number of rotatable bonds is 6. The molecule has 2 aromatic rings. The number of benzene rings is 2. The molecule has 1 aliphatic rings. The Morgan fingerprint density at radius 2 is 1.65 bits per heavy atom. The number of aryl methyl sites for hydroxylation is 2. The summed E-state index contributed by atoms with van der Waals surface area (Å²) in [5, 5.41) is 3.63. The zero-order chi connectivity index (χ0) is 16.2. The first kappa shape index (κ1) is 16.2. The van der Waals surface area contributed by atoms with Crippen LogP contribution in [0.4, 0.5) is 4.39 Å². The lowest BCUT2D eigenvalue weighted by molar-refractivity contribution is 0.530. The van der Waals surface area contributed by atoms with E-state index in [1.54, 1.807) is 12.1 Å². The fourth-order valence-electron chi connectivity index (χ4n) is 3.45. The van der Waals surface area contributed by atoms with Crippen LogP contribution >= 0.6 is 0 Å². The standard InChI is InChI=1S/C21H26FN/c1-15(17-8-10-21(22)11-9-17)12-13-23-16(2)19-7-6-18-4-3-5-20(18)14-19/h6-11,14-16,23H,3-5,12-13H2,1-2H3. The van der Waals surface area contributed by atoms with Crippen LogP contribution in [0.5, 0.6) is 0 Å². The quantitative estimate of drug-likeness (QED) is 0.777. The van der Waals surface area contributed by atoms with Crippen molar-refractivity contribution in [1.29, 1.82) is 0 Å². The summed E-state index contributed by atoms with van der Waals surface area (Å²) in [4.78, 5) is 0. The van der Waals surface area contributed by atoms with Gasteiger partial charge in [-0.1, -0.05) is 37.3 Å². The van der Waals surface area contributed by atoms with Gasteiger partial charge in [-0.25, -0.2) is 4.39 Å². The van der Waals surface area contributed by atoms with E-state index in [2.05, 4.69) is 37.4 Å². The Balaban J connectivity index is 1.51. The lowest BCUT2D eigenvalue weighted by Gasteiger charge is -2.18. The van der Waals surface area contributed by atoms with Crippen molar-refractivity contribution in [3.8, 4) is 0 Å². The Bertz CT molecular complexity index is 647. The number of nitrogens with one attached hydrogen (secondary N) is 1. The van der Waals surface area contributed by atoms with Gasteiger partial charge in [-0.3, -0.25) is 0 Å². The van der Waals surface area contributed by atoms with Gasteiger partial charge in [-0.15, -0.1) is 0 Å². The summed E-state index contributed by atoms with van der Waals surface area (Å²) in [6.07, 6.45) is 4.83. The zero-order valence-corrected chi connectivity index (χ0v) is 14.1. The van der Waals surface area contributed by atoms with Crippen molar-refractivity contribution in [3.05, 3.63) is 70.5 Å². The van der Waals surface area contributed by atoms with E-state index in [4.69, 9.17) is 0 Å². The topological polar surface area (TPSA) is 12.0 Å².